The van der Waals surface area contributed by atoms with Crippen molar-refractivity contribution in [1.82, 2.24) is 4.90 Å². The summed E-state index contributed by atoms with van der Waals surface area (Å²) >= 11 is 1.33. The molecule has 1 aliphatic heterocycles. The molecule has 0 bridgehead atoms. The minimum Gasteiger partial charge on any atom is -0.452 e. The van der Waals surface area contributed by atoms with Gasteiger partial charge in [0.1, 0.15) is 5.00 Å². The van der Waals surface area contributed by atoms with Crippen molar-refractivity contribution in [3.8, 4) is 0 Å². The number of thiophene rings is 1. The van der Waals surface area contributed by atoms with E-state index in [1.165, 1.54) is 18.3 Å². The van der Waals surface area contributed by atoms with Crippen LogP contribution in [0.25, 0.3) is 0 Å². The molecule has 1 N–H and O–H groups in total. The molecule has 0 saturated carbocycles. The maximum atomic E-state index is 12.5. The SMILES string of the molecule is CC(=O)Nc1sc(C)c(C)c1C(=O)OCC(=O)N1CC(C)CC(C)C1. The Hall–Kier alpha value is -1.89. The van der Waals surface area contributed by atoms with Gasteiger partial charge in [-0.3, -0.25) is 9.59 Å². The second-order valence-corrected chi connectivity index (χ2v) is 8.21. The third-order valence-corrected chi connectivity index (χ3v) is 5.55. The van der Waals surface area contributed by atoms with Gasteiger partial charge in [0.2, 0.25) is 5.91 Å². The Balaban J connectivity index is 2.03. The number of esters is 1. The lowest BCUT2D eigenvalue weighted by Gasteiger charge is -2.34. The van der Waals surface area contributed by atoms with Gasteiger partial charge in [-0.2, -0.15) is 0 Å². The normalized spacial score (nSPS) is 20.3. The van der Waals surface area contributed by atoms with E-state index in [9.17, 15) is 14.4 Å². The van der Waals surface area contributed by atoms with E-state index in [-0.39, 0.29) is 18.4 Å². The molecule has 0 radical (unpaired) electrons. The molecule has 1 aromatic rings. The van der Waals surface area contributed by atoms with Crippen LogP contribution in [-0.4, -0.2) is 42.4 Å². The number of likely N-dealkylation sites (tertiary alicyclic amines) is 1. The Bertz CT molecular complexity index is 673. The molecule has 2 amide bonds. The lowest BCUT2D eigenvalue weighted by molar-refractivity contribution is -0.137. The standard InChI is InChI=1S/C18H26N2O4S/c1-10-6-11(2)8-20(7-10)15(22)9-24-18(23)16-12(3)13(4)25-17(16)19-14(5)21/h10-11H,6-9H2,1-5H3,(H,19,21). The fourth-order valence-electron chi connectivity index (χ4n) is 3.28. The number of rotatable bonds is 4. The van der Waals surface area contributed by atoms with Crippen molar-refractivity contribution in [3.63, 3.8) is 0 Å². The van der Waals surface area contributed by atoms with Crippen molar-refractivity contribution in [2.24, 2.45) is 11.8 Å². The summed E-state index contributed by atoms with van der Waals surface area (Å²) in [5.41, 5.74) is 1.11. The van der Waals surface area contributed by atoms with Crippen LogP contribution in [0.4, 0.5) is 5.00 Å². The van der Waals surface area contributed by atoms with Crippen molar-refractivity contribution in [3.05, 3.63) is 16.0 Å². The highest BCUT2D eigenvalue weighted by Crippen LogP contribution is 2.33. The quantitative estimate of drug-likeness (QED) is 0.831. The third-order valence-electron chi connectivity index (χ3n) is 4.43. The van der Waals surface area contributed by atoms with E-state index in [0.717, 1.165) is 16.9 Å². The number of nitrogens with one attached hydrogen (secondary N) is 1. The number of carbonyl (C=O) groups excluding carboxylic acids is 3. The summed E-state index contributed by atoms with van der Waals surface area (Å²) < 4.78 is 5.26. The van der Waals surface area contributed by atoms with E-state index >= 15 is 0 Å². The predicted octanol–water partition coefficient (Wildman–Crippen LogP) is 2.98. The second-order valence-electron chi connectivity index (χ2n) is 6.99. The van der Waals surface area contributed by atoms with Crippen LogP contribution in [0.15, 0.2) is 0 Å². The molecule has 1 fully saturated rings. The zero-order chi connectivity index (χ0) is 18.7. The number of piperidine rings is 1. The fourth-order valence-corrected chi connectivity index (χ4v) is 4.37. The van der Waals surface area contributed by atoms with Gasteiger partial charge in [-0.1, -0.05) is 13.8 Å². The summed E-state index contributed by atoms with van der Waals surface area (Å²) in [7, 11) is 0. The van der Waals surface area contributed by atoms with E-state index < -0.39 is 5.97 Å². The molecule has 1 aliphatic rings. The van der Waals surface area contributed by atoms with Crippen LogP contribution >= 0.6 is 11.3 Å². The molecule has 25 heavy (non-hydrogen) atoms. The first-order chi connectivity index (χ1) is 11.7. The molecule has 2 rings (SSSR count). The van der Waals surface area contributed by atoms with E-state index in [4.69, 9.17) is 4.74 Å². The molecule has 0 aromatic carbocycles. The van der Waals surface area contributed by atoms with Gasteiger partial charge in [0, 0.05) is 24.9 Å². The van der Waals surface area contributed by atoms with Crippen LogP contribution < -0.4 is 5.32 Å². The molecular formula is C18H26N2O4S. The molecule has 2 unspecified atom stereocenters. The highest BCUT2D eigenvalue weighted by atomic mass is 32.1. The van der Waals surface area contributed by atoms with Gasteiger partial charge < -0.3 is 15.0 Å². The van der Waals surface area contributed by atoms with E-state index in [1.54, 1.807) is 4.90 Å². The Morgan fingerprint density at radius 3 is 2.36 bits per heavy atom. The minimum atomic E-state index is -0.572. The highest BCUT2D eigenvalue weighted by molar-refractivity contribution is 7.16. The Morgan fingerprint density at radius 1 is 1.20 bits per heavy atom. The number of ether oxygens (including phenoxy) is 1. The molecule has 6 nitrogen and oxygen atoms in total. The van der Waals surface area contributed by atoms with Crippen molar-refractivity contribution in [2.45, 2.75) is 41.0 Å². The summed E-state index contributed by atoms with van der Waals surface area (Å²) in [6.07, 6.45) is 1.11. The molecule has 1 saturated heterocycles. The number of aryl methyl sites for hydroxylation is 1. The minimum absolute atomic E-state index is 0.169. The van der Waals surface area contributed by atoms with Gasteiger partial charge in [0.15, 0.2) is 6.61 Å². The van der Waals surface area contributed by atoms with Gasteiger partial charge in [-0.25, -0.2) is 4.79 Å². The van der Waals surface area contributed by atoms with Crippen LogP contribution in [0.1, 0.15) is 48.0 Å². The fraction of sp³-hybridized carbons (Fsp3) is 0.611. The molecule has 138 valence electrons. The first kappa shape index (κ1) is 19.4. The van der Waals surface area contributed by atoms with Gasteiger partial charge in [-0.15, -0.1) is 11.3 Å². The molecule has 7 heteroatoms. The second kappa shape index (κ2) is 7.99. The molecule has 0 spiro atoms. The molecule has 2 atom stereocenters. The smallest absolute Gasteiger partial charge is 0.341 e. The van der Waals surface area contributed by atoms with Crippen LogP contribution in [0.5, 0.6) is 0 Å². The summed E-state index contributed by atoms with van der Waals surface area (Å²) in [4.78, 5) is 38.8. The Labute approximate surface area is 152 Å². The predicted molar refractivity (Wildman–Crippen MR) is 97.9 cm³/mol. The average Bonchev–Trinajstić information content (AvgIpc) is 2.77. The van der Waals surface area contributed by atoms with Crippen molar-refractivity contribution in [2.75, 3.05) is 25.0 Å². The summed E-state index contributed by atoms with van der Waals surface area (Å²) in [6, 6.07) is 0. The van der Waals surface area contributed by atoms with Gasteiger partial charge >= 0.3 is 5.97 Å². The Kier molecular flexibility index (Phi) is 6.21. The van der Waals surface area contributed by atoms with E-state index in [2.05, 4.69) is 19.2 Å². The number of hydrogen-bond donors (Lipinski definition) is 1. The first-order valence-electron chi connectivity index (χ1n) is 8.51. The molecular weight excluding hydrogens is 340 g/mol. The molecule has 1 aromatic heterocycles. The summed E-state index contributed by atoms with van der Waals surface area (Å²) in [5, 5.41) is 3.13. The zero-order valence-electron chi connectivity index (χ0n) is 15.5. The highest BCUT2D eigenvalue weighted by Gasteiger charge is 2.27. The van der Waals surface area contributed by atoms with Crippen LogP contribution in [0.2, 0.25) is 0 Å². The van der Waals surface area contributed by atoms with Gasteiger partial charge in [0.25, 0.3) is 5.91 Å². The first-order valence-corrected chi connectivity index (χ1v) is 9.33. The summed E-state index contributed by atoms with van der Waals surface area (Å²) in [6.45, 7) is 10.5. The van der Waals surface area contributed by atoms with Crippen molar-refractivity contribution < 1.29 is 19.1 Å². The largest absolute Gasteiger partial charge is 0.452 e. The monoisotopic (exact) mass is 366 g/mol. The third kappa shape index (κ3) is 4.81. The van der Waals surface area contributed by atoms with Crippen LogP contribution in [-0.2, 0) is 14.3 Å². The lowest BCUT2D eigenvalue weighted by atomic mass is 9.92. The van der Waals surface area contributed by atoms with Gasteiger partial charge in [0.05, 0.1) is 5.56 Å². The Morgan fingerprint density at radius 2 is 1.80 bits per heavy atom. The van der Waals surface area contributed by atoms with E-state index in [0.29, 0.717) is 35.5 Å². The van der Waals surface area contributed by atoms with E-state index in [1.807, 2.05) is 13.8 Å². The number of carbonyl (C=O) groups is 3. The maximum absolute atomic E-state index is 12.5. The van der Waals surface area contributed by atoms with Crippen LogP contribution in [0, 0.1) is 25.7 Å². The number of amides is 2. The maximum Gasteiger partial charge on any atom is 0.341 e. The number of anilines is 1. The van der Waals surface area contributed by atoms with Crippen molar-refractivity contribution >= 4 is 34.1 Å². The lowest BCUT2D eigenvalue weighted by Crippen LogP contribution is -2.44. The topological polar surface area (TPSA) is 75.7 Å². The molecule has 0 aliphatic carbocycles. The number of nitrogens with zero attached hydrogens (tertiary/aromatic N) is 1. The summed E-state index contributed by atoms with van der Waals surface area (Å²) in [5.74, 6) is -0.0785. The average molecular weight is 366 g/mol. The van der Waals surface area contributed by atoms with Crippen LogP contribution in [0.3, 0.4) is 0 Å². The number of hydrogen-bond acceptors (Lipinski definition) is 5. The molecule has 2 heterocycles. The van der Waals surface area contributed by atoms with Crippen molar-refractivity contribution in [1.29, 1.82) is 0 Å². The zero-order valence-corrected chi connectivity index (χ0v) is 16.3. The van der Waals surface area contributed by atoms with Gasteiger partial charge in [-0.05, 0) is 37.7 Å².